The van der Waals surface area contributed by atoms with Gasteiger partial charge in [-0.25, -0.2) is 0 Å². The number of halogens is 2. The first-order valence-corrected chi connectivity index (χ1v) is 7.86. The second kappa shape index (κ2) is 8.98. The van der Waals surface area contributed by atoms with Crippen LogP contribution in [-0.4, -0.2) is 24.2 Å². The molecule has 0 aliphatic rings. The summed E-state index contributed by atoms with van der Waals surface area (Å²) in [7, 11) is 0. The lowest BCUT2D eigenvalue weighted by Gasteiger charge is -2.12. The zero-order valence-electron chi connectivity index (χ0n) is 13.8. The van der Waals surface area contributed by atoms with Crippen molar-refractivity contribution in [1.29, 1.82) is 0 Å². The van der Waals surface area contributed by atoms with Crippen LogP contribution in [0.2, 0.25) is 0 Å². The molecular formula is C18H21F2N3O2. The SMILES string of the molecule is CCc1ccc(NC(N)=NCC(O)c2cccc(OC(F)F)c2)cc1. The van der Waals surface area contributed by atoms with Crippen LogP contribution in [0.5, 0.6) is 5.75 Å². The molecule has 5 nitrogen and oxygen atoms in total. The maximum atomic E-state index is 12.2. The summed E-state index contributed by atoms with van der Waals surface area (Å²) in [5.74, 6) is 0.140. The van der Waals surface area contributed by atoms with E-state index in [-0.39, 0.29) is 18.3 Å². The summed E-state index contributed by atoms with van der Waals surface area (Å²) < 4.78 is 28.8. The molecule has 0 aliphatic carbocycles. The fraction of sp³-hybridized carbons (Fsp3) is 0.278. The number of aliphatic hydroxyl groups excluding tert-OH is 1. The molecule has 0 heterocycles. The van der Waals surface area contributed by atoms with Crippen LogP contribution in [0.1, 0.15) is 24.2 Å². The number of aliphatic imine (C=N–C) groups is 1. The second-order valence-electron chi connectivity index (χ2n) is 5.37. The molecule has 0 aliphatic heterocycles. The Bertz CT molecular complexity index is 706. The molecule has 25 heavy (non-hydrogen) atoms. The van der Waals surface area contributed by atoms with Crippen LogP contribution >= 0.6 is 0 Å². The first-order chi connectivity index (χ1) is 12.0. The second-order valence-corrected chi connectivity index (χ2v) is 5.37. The molecular weight excluding hydrogens is 328 g/mol. The summed E-state index contributed by atoms with van der Waals surface area (Å²) in [6.07, 6.45) is -0.0336. The van der Waals surface area contributed by atoms with Gasteiger partial charge in [-0.2, -0.15) is 8.78 Å². The summed E-state index contributed by atoms with van der Waals surface area (Å²) in [5.41, 5.74) is 8.22. The normalized spacial score (nSPS) is 12.9. The third-order valence-electron chi connectivity index (χ3n) is 3.54. The lowest BCUT2D eigenvalue weighted by Crippen LogP contribution is -2.23. The van der Waals surface area contributed by atoms with E-state index in [4.69, 9.17) is 5.73 Å². The van der Waals surface area contributed by atoms with Gasteiger partial charge in [-0.05, 0) is 41.8 Å². The molecule has 0 fully saturated rings. The van der Waals surface area contributed by atoms with Gasteiger partial charge in [0.1, 0.15) is 5.75 Å². The Kier molecular flexibility index (Phi) is 6.71. The molecule has 1 unspecified atom stereocenters. The summed E-state index contributed by atoms with van der Waals surface area (Å²) in [4.78, 5) is 4.07. The van der Waals surface area contributed by atoms with Crippen molar-refractivity contribution < 1.29 is 18.6 Å². The monoisotopic (exact) mass is 349 g/mol. The van der Waals surface area contributed by atoms with Gasteiger partial charge in [0.05, 0.1) is 12.6 Å². The van der Waals surface area contributed by atoms with E-state index >= 15 is 0 Å². The van der Waals surface area contributed by atoms with Gasteiger partial charge < -0.3 is 20.9 Å². The molecule has 0 radical (unpaired) electrons. The minimum atomic E-state index is -2.91. The lowest BCUT2D eigenvalue weighted by atomic mass is 10.1. The number of ether oxygens (including phenoxy) is 1. The number of aliphatic hydroxyl groups is 1. The topological polar surface area (TPSA) is 79.9 Å². The van der Waals surface area contributed by atoms with E-state index < -0.39 is 12.7 Å². The summed E-state index contributed by atoms with van der Waals surface area (Å²) >= 11 is 0. The zero-order chi connectivity index (χ0) is 18.2. The highest BCUT2D eigenvalue weighted by atomic mass is 19.3. The number of rotatable bonds is 7. The summed E-state index contributed by atoms with van der Waals surface area (Å²) in [5, 5.41) is 13.1. The smallest absolute Gasteiger partial charge is 0.387 e. The molecule has 0 saturated heterocycles. The van der Waals surface area contributed by atoms with Crippen molar-refractivity contribution in [3.8, 4) is 5.75 Å². The highest BCUT2D eigenvalue weighted by Gasteiger charge is 2.10. The third kappa shape index (κ3) is 6.04. The van der Waals surface area contributed by atoms with Crippen molar-refractivity contribution in [3.63, 3.8) is 0 Å². The number of nitrogens with one attached hydrogen (secondary N) is 1. The fourth-order valence-corrected chi connectivity index (χ4v) is 2.20. The maximum Gasteiger partial charge on any atom is 0.387 e. The number of alkyl halides is 2. The van der Waals surface area contributed by atoms with E-state index in [0.717, 1.165) is 12.1 Å². The van der Waals surface area contributed by atoms with E-state index in [2.05, 4.69) is 22.0 Å². The Balaban J connectivity index is 1.94. The van der Waals surface area contributed by atoms with Gasteiger partial charge >= 0.3 is 6.61 Å². The molecule has 0 amide bonds. The van der Waals surface area contributed by atoms with Crippen molar-refractivity contribution in [3.05, 3.63) is 59.7 Å². The average Bonchev–Trinajstić information content (AvgIpc) is 2.60. The summed E-state index contributed by atoms with van der Waals surface area (Å²) in [6, 6.07) is 13.6. The van der Waals surface area contributed by atoms with Crippen LogP contribution in [0.3, 0.4) is 0 Å². The van der Waals surface area contributed by atoms with Crippen LogP contribution in [-0.2, 0) is 6.42 Å². The Hall–Kier alpha value is -2.67. The predicted molar refractivity (Wildman–Crippen MR) is 94.0 cm³/mol. The van der Waals surface area contributed by atoms with Crippen molar-refractivity contribution in [1.82, 2.24) is 0 Å². The highest BCUT2D eigenvalue weighted by Crippen LogP contribution is 2.21. The van der Waals surface area contributed by atoms with Crippen molar-refractivity contribution in [2.45, 2.75) is 26.1 Å². The van der Waals surface area contributed by atoms with E-state index in [0.29, 0.717) is 5.56 Å². The van der Waals surface area contributed by atoms with Gasteiger partial charge in [0.15, 0.2) is 5.96 Å². The molecule has 1 atom stereocenters. The van der Waals surface area contributed by atoms with Crippen LogP contribution < -0.4 is 15.8 Å². The number of nitrogens with two attached hydrogens (primary N) is 1. The van der Waals surface area contributed by atoms with Gasteiger partial charge in [-0.1, -0.05) is 31.2 Å². The molecule has 0 aromatic heterocycles. The predicted octanol–water partition coefficient (Wildman–Crippen LogP) is 3.31. The number of hydrogen-bond acceptors (Lipinski definition) is 3. The van der Waals surface area contributed by atoms with E-state index in [1.807, 2.05) is 24.3 Å². The van der Waals surface area contributed by atoms with Crippen LogP contribution in [0, 0.1) is 0 Å². The summed E-state index contributed by atoms with van der Waals surface area (Å²) in [6.45, 7) is -0.852. The highest BCUT2D eigenvalue weighted by molar-refractivity contribution is 5.92. The third-order valence-corrected chi connectivity index (χ3v) is 3.54. The number of anilines is 1. The number of benzene rings is 2. The van der Waals surface area contributed by atoms with Crippen molar-refractivity contribution >= 4 is 11.6 Å². The Morgan fingerprint density at radius 2 is 1.96 bits per heavy atom. The van der Waals surface area contributed by atoms with Crippen LogP contribution in [0.15, 0.2) is 53.5 Å². The van der Waals surface area contributed by atoms with Crippen molar-refractivity contribution in [2.75, 3.05) is 11.9 Å². The number of aryl methyl sites for hydroxylation is 1. The number of hydrogen-bond donors (Lipinski definition) is 3. The van der Waals surface area contributed by atoms with Gasteiger partial charge in [-0.15, -0.1) is 0 Å². The van der Waals surface area contributed by atoms with Crippen LogP contribution in [0.4, 0.5) is 14.5 Å². The Morgan fingerprint density at radius 1 is 1.24 bits per heavy atom. The van der Waals surface area contributed by atoms with Gasteiger partial charge in [0.25, 0.3) is 0 Å². The number of nitrogens with zero attached hydrogens (tertiary/aromatic N) is 1. The van der Waals surface area contributed by atoms with Crippen LogP contribution in [0.25, 0.3) is 0 Å². The first-order valence-electron chi connectivity index (χ1n) is 7.86. The lowest BCUT2D eigenvalue weighted by molar-refractivity contribution is -0.0499. The van der Waals surface area contributed by atoms with Gasteiger partial charge in [0.2, 0.25) is 0 Å². The maximum absolute atomic E-state index is 12.2. The first kappa shape index (κ1) is 18.7. The van der Waals surface area contributed by atoms with Crippen molar-refractivity contribution in [2.24, 2.45) is 10.7 Å². The quantitative estimate of drug-likeness (QED) is 0.529. The van der Waals surface area contributed by atoms with E-state index in [1.54, 1.807) is 6.07 Å². The minimum absolute atomic E-state index is 0.00991. The minimum Gasteiger partial charge on any atom is -0.435 e. The molecule has 0 spiro atoms. The van der Waals surface area contributed by atoms with Gasteiger partial charge in [0, 0.05) is 5.69 Å². The molecule has 2 rings (SSSR count). The molecule has 0 bridgehead atoms. The fourth-order valence-electron chi connectivity index (χ4n) is 2.20. The Morgan fingerprint density at radius 3 is 2.60 bits per heavy atom. The molecule has 2 aromatic carbocycles. The molecule has 2 aromatic rings. The average molecular weight is 349 g/mol. The zero-order valence-corrected chi connectivity index (χ0v) is 13.8. The molecule has 4 N–H and O–H groups in total. The Labute approximate surface area is 145 Å². The molecule has 0 saturated carbocycles. The largest absolute Gasteiger partial charge is 0.435 e. The van der Waals surface area contributed by atoms with E-state index in [1.165, 1.54) is 23.8 Å². The number of guanidine groups is 1. The standard InChI is InChI=1S/C18H21F2N3O2/c1-2-12-6-8-14(9-7-12)23-18(21)22-11-16(24)13-4-3-5-15(10-13)25-17(19)20/h3-10,16-17,24H,2,11H2,1H3,(H3,21,22,23). The molecule has 7 heteroatoms. The van der Waals surface area contributed by atoms with Gasteiger partial charge in [-0.3, -0.25) is 4.99 Å². The molecule has 134 valence electrons. The van der Waals surface area contributed by atoms with E-state index in [9.17, 15) is 13.9 Å².